The number of carbonyl (C=O) groups excluding carboxylic acids is 1. The van der Waals surface area contributed by atoms with Gasteiger partial charge in [-0.1, -0.05) is 24.3 Å². The van der Waals surface area contributed by atoms with Gasteiger partial charge in [0, 0.05) is 42.3 Å². The van der Waals surface area contributed by atoms with Crippen LogP contribution in [0.4, 0.5) is 16.2 Å². The second-order valence-corrected chi connectivity index (χ2v) is 7.70. The molecule has 1 fully saturated rings. The zero-order valence-corrected chi connectivity index (χ0v) is 15.5. The van der Waals surface area contributed by atoms with Crippen molar-refractivity contribution >= 4 is 28.2 Å². The largest absolute Gasteiger partial charge is 0.444 e. The van der Waals surface area contributed by atoms with Crippen LogP contribution in [-0.2, 0) is 4.74 Å². The Morgan fingerprint density at radius 2 is 1.88 bits per heavy atom. The molecule has 1 aliphatic heterocycles. The lowest BCUT2D eigenvalue weighted by Crippen LogP contribution is -2.42. The molecule has 1 heterocycles. The number of carbonyl (C=O) groups is 1. The Labute approximate surface area is 149 Å². The van der Waals surface area contributed by atoms with E-state index >= 15 is 0 Å². The van der Waals surface area contributed by atoms with Crippen molar-refractivity contribution in [1.82, 2.24) is 4.90 Å². The van der Waals surface area contributed by atoms with Crippen LogP contribution in [0.2, 0.25) is 0 Å². The Bertz CT molecular complexity index is 782. The number of hydrogen-bond donors (Lipinski definition) is 1. The molecule has 0 bridgehead atoms. The number of benzene rings is 2. The summed E-state index contributed by atoms with van der Waals surface area (Å²) in [5.41, 5.74) is 7.60. The lowest BCUT2D eigenvalue weighted by molar-refractivity contribution is 0.0238. The zero-order chi connectivity index (χ0) is 18.2. The van der Waals surface area contributed by atoms with Gasteiger partial charge in [0.1, 0.15) is 5.60 Å². The zero-order valence-electron chi connectivity index (χ0n) is 15.5. The summed E-state index contributed by atoms with van der Waals surface area (Å²) >= 11 is 0. The first-order valence-corrected chi connectivity index (χ1v) is 8.74. The molecule has 1 aliphatic rings. The summed E-state index contributed by atoms with van der Waals surface area (Å²) in [6.07, 6.45) is 0.663. The Morgan fingerprint density at radius 1 is 1.20 bits per heavy atom. The summed E-state index contributed by atoms with van der Waals surface area (Å²) in [6, 6.07) is 12.4. The normalized spacial score (nSPS) is 17.8. The van der Waals surface area contributed by atoms with Crippen molar-refractivity contribution in [2.75, 3.05) is 30.8 Å². The average molecular weight is 341 g/mol. The van der Waals surface area contributed by atoms with Crippen LogP contribution in [0.5, 0.6) is 0 Å². The molecule has 25 heavy (non-hydrogen) atoms. The van der Waals surface area contributed by atoms with Gasteiger partial charge in [-0.3, -0.25) is 0 Å². The summed E-state index contributed by atoms with van der Waals surface area (Å²) in [5, 5.41) is 2.23. The van der Waals surface area contributed by atoms with E-state index in [2.05, 4.69) is 23.1 Å². The lowest BCUT2D eigenvalue weighted by Gasteiger charge is -2.29. The quantitative estimate of drug-likeness (QED) is 0.843. The van der Waals surface area contributed by atoms with Gasteiger partial charge < -0.3 is 20.3 Å². The molecular weight excluding hydrogens is 314 g/mol. The number of hydrogen-bond acceptors (Lipinski definition) is 4. The maximum absolute atomic E-state index is 12.3. The minimum atomic E-state index is -0.475. The van der Waals surface area contributed by atoms with E-state index in [-0.39, 0.29) is 12.1 Å². The highest BCUT2D eigenvalue weighted by molar-refractivity contribution is 6.01. The van der Waals surface area contributed by atoms with Crippen LogP contribution in [0.3, 0.4) is 0 Å². The van der Waals surface area contributed by atoms with Gasteiger partial charge in [0.15, 0.2) is 0 Å². The fourth-order valence-electron chi connectivity index (χ4n) is 3.34. The van der Waals surface area contributed by atoms with Gasteiger partial charge >= 0.3 is 6.09 Å². The number of fused-ring (bicyclic) bond motifs is 1. The molecule has 1 amide bonds. The third-order valence-electron chi connectivity index (χ3n) is 4.67. The van der Waals surface area contributed by atoms with Crippen LogP contribution < -0.4 is 10.6 Å². The van der Waals surface area contributed by atoms with Crippen molar-refractivity contribution in [3.63, 3.8) is 0 Å². The Morgan fingerprint density at radius 3 is 2.56 bits per heavy atom. The van der Waals surface area contributed by atoms with E-state index in [9.17, 15) is 4.79 Å². The highest BCUT2D eigenvalue weighted by Crippen LogP contribution is 2.33. The van der Waals surface area contributed by atoms with E-state index in [1.807, 2.05) is 46.0 Å². The molecule has 5 heteroatoms. The summed E-state index contributed by atoms with van der Waals surface area (Å²) in [7, 11) is 1.82. The molecule has 3 rings (SSSR count). The second-order valence-electron chi connectivity index (χ2n) is 7.70. The summed E-state index contributed by atoms with van der Waals surface area (Å²) in [5.74, 6) is 0. The Kier molecular flexibility index (Phi) is 4.50. The maximum atomic E-state index is 12.3. The van der Waals surface area contributed by atoms with Crippen molar-refractivity contribution < 1.29 is 9.53 Å². The molecule has 134 valence electrons. The second kappa shape index (κ2) is 6.47. The summed E-state index contributed by atoms with van der Waals surface area (Å²) in [6.45, 7) is 7.37. The van der Waals surface area contributed by atoms with Crippen LogP contribution >= 0.6 is 0 Å². The predicted molar refractivity (Wildman–Crippen MR) is 103 cm³/mol. The Hall–Kier alpha value is -2.43. The maximum Gasteiger partial charge on any atom is 0.410 e. The van der Waals surface area contributed by atoms with Crippen molar-refractivity contribution in [3.8, 4) is 0 Å². The van der Waals surface area contributed by atoms with Gasteiger partial charge in [-0.25, -0.2) is 4.79 Å². The molecule has 2 N–H and O–H groups in total. The van der Waals surface area contributed by atoms with Gasteiger partial charge in [0.2, 0.25) is 0 Å². The number of anilines is 2. The fourth-order valence-corrected chi connectivity index (χ4v) is 3.34. The average Bonchev–Trinajstić information content (AvgIpc) is 3.03. The van der Waals surface area contributed by atoms with Crippen molar-refractivity contribution in [2.45, 2.75) is 38.8 Å². The first kappa shape index (κ1) is 17.4. The smallest absolute Gasteiger partial charge is 0.410 e. The van der Waals surface area contributed by atoms with Crippen molar-refractivity contribution in [3.05, 3.63) is 36.4 Å². The number of ether oxygens (including phenoxy) is 1. The molecule has 2 aromatic rings. The van der Waals surface area contributed by atoms with E-state index in [0.29, 0.717) is 0 Å². The molecule has 1 saturated heterocycles. The van der Waals surface area contributed by atoms with E-state index in [1.54, 1.807) is 4.90 Å². The van der Waals surface area contributed by atoms with Crippen LogP contribution in [0, 0.1) is 0 Å². The van der Waals surface area contributed by atoms with E-state index in [1.165, 1.54) is 5.69 Å². The van der Waals surface area contributed by atoms with E-state index in [0.717, 1.165) is 36.0 Å². The van der Waals surface area contributed by atoms with Crippen molar-refractivity contribution in [2.24, 2.45) is 0 Å². The summed E-state index contributed by atoms with van der Waals surface area (Å²) in [4.78, 5) is 16.4. The molecule has 0 radical (unpaired) electrons. The minimum absolute atomic E-state index is 0.145. The molecule has 1 unspecified atom stereocenters. The molecule has 5 nitrogen and oxygen atoms in total. The SMILES string of the molecule is CN(C(=O)OC(C)(C)C)C1CCN(c2ccc(N)c3ccccc23)C1. The monoisotopic (exact) mass is 341 g/mol. The first-order chi connectivity index (χ1) is 11.8. The van der Waals surface area contributed by atoms with Crippen LogP contribution in [0.15, 0.2) is 36.4 Å². The molecule has 0 aliphatic carbocycles. The van der Waals surface area contributed by atoms with E-state index < -0.39 is 5.60 Å². The van der Waals surface area contributed by atoms with Gasteiger partial charge in [-0.2, -0.15) is 0 Å². The minimum Gasteiger partial charge on any atom is -0.444 e. The number of rotatable bonds is 2. The van der Waals surface area contributed by atoms with Gasteiger partial charge in [-0.05, 0) is 39.3 Å². The molecule has 0 saturated carbocycles. The van der Waals surface area contributed by atoms with Gasteiger partial charge in [0.05, 0.1) is 6.04 Å². The first-order valence-electron chi connectivity index (χ1n) is 8.74. The van der Waals surface area contributed by atoms with Crippen molar-refractivity contribution in [1.29, 1.82) is 0 Å². The standard InChI is InChI=1S/C20H27N3O2/c1-20(2,3)25-19(24)22(4)14-11-12-23(13-14)18-10-9-17(21)15-7-5-6-8-16(15)18/h5-10,14H,11-13,21H2,1-4H3. The molecule has 0 spiro atoms. The predicted octanol–water partition coefficient (Wildman–Crippen LogP) is 3.87. The number of amides is 1. The number of nitrogen functional groups attached to an aromatic ring is 1. The molecule has 0 aromatic heterocycles. The molecule has 2 aromatic carbocycles. The third kappa shape index (κ3) is 3.65. The van der Waals surface area contributed by atoms with Gasteiger partial charge in [-0.15, -0.1) is 0 Å². The Balaban J connectivity index is 1.78. The highest BCUT2D eigenvalue weighted by Gasteiger charge is 2.31. The topological polar surface area (TPSA) is 58.8 Å². The number of nitrogens with zero attached hydrogens (tertiary/aromatic N) is 2. The van der Waals surface area contributed by atoms with Crippen LogP contribution in [0.25, 0.3) is 10.8 Å². The molecule has 1 atom stereocenters. The van der Waals surface area contributed by atoms with E-state index in [4.69, 9.17) is 10.5 Å². The fraction of sp³-hybridized carbons (Fsp3) is 0.450. The van der Waals surface area contributed by atoms with Gasteiger partial charge in [0.25, 0.3) is 0 Å². The summed E-state index contributed by atoms with van der Waals surface area (Å²) < 4.78 is 5.49. The third-order valence-corrected chi connectivity index (χ3v) is 4.67. The number of likely N-dealkylation sites (N-methyl/N-ethyl adjacent to an activating group) is 1. The number of nitrogens with two attached hydrogens (primary N) is 1. The highest BCUT2D eigenvalue weighted by atomic mass is 16.6. The van der Waals surface area contributed by atoms with Crippen LogP contribution in [-0.4, -0.2) is 42.8 Å². The molecular formula is C20H27N3O2. The van der Waals surface area contributed by atoms with Crippen LogP contribution in [0.1, 0.15) is 27.2 Å². The lowest BCUT2D eigenvalue weighted by atomic mass is 10.1.